The Labute approximate surface area is 130 Å². The molecule has 0 N–H and O–H groups in total. The average Bonchev–Trinajstić information content (AvgIpc) is 3.11. The Hall–Kier alpha value is -2.80. The van der Waals surface area contributed by atoms with Crippen molar-refractivity contribution in [2.45, 2.75) is 6.92 Å². The second-order valence-corrected chi connectivity index (χ2v) is 5.63. The summed E-state index contributed by atoms with van der Waals surface area (Å²) in [4.78, 5) is 23.6. The highest BCUT2D eigenvalue weighted by Gasteiger charge is 2.29. The number of amides is 1. The van der Waals surface area contributed by atoms with E-state index < -0.39 is 4.92 Å². The molecule has 0 saturated heterocycles. The van der Waals surface area contributed by atoms with Gasteiger partial charge in [-0.1, -0.05) is 6.07 Å². The van der Waals surface area contributed by atoms with Gasteiger partial charge in [-0.3, -0.25) is 14.9 Å². The fourth-order valence-corrected chi connectivity index (χ4v) is 2.75. The summed E-state index contributed by atoms with van der Waals surface area (Å²) in [6, 6.07) is 9.58. The van der Waals surface area contributed by atoms with E-state index in [-0.39, 0.29) is 11.6 Å². The predicted octanol–water partition coefficient (Wildman–Crippen LogP) is 3.46. The molecule has 1 aromatic heterocycles. The highest BCUT2D eigenvalue weighted by Crippen LogP contribution is 2.27. The van der Waals surface area contributed by atoms with E-state index >= 15 is 0 Å². The standard InChI is InChI=1S/C15H11N3O3S/c1-10-14(9-13-3-2-8-22-13)15(19)17(16-10)11-4-6-12(7-5-11)18(20)21/h2-9H,1H3/b14-9-. The van der Waals surface area contributed by atoms with Crippen LogP contribution in [0.1, 0.15) is 11.8 Å². The van der Waals surface area contributed by atoms with Crippen LogP contribution in [0.2, 0.25) is 0 Å². The number of nitro benzene ring substituents is 1. The van der Waals surface area contributed by atoms with Gasteiger partial charge in [0.2, 0.25) is 0 Å². The molecule has 1 aromatic carbocycles. The predicted molar refractivity (Wildman–Crippen MR) is 86.0 cm³/mol. The monoisotopic (exact) mass is 313 g/mol. The number of rotatable bonds is 3. The lowest BCUT2D eigenvalue weighted by molar-refractivity contribution is -0.384. The zero-order chi connectivity index (χ0) is 15.7. The summed E-state index contributed by atoms with van der Waals surface area (Å²) in [6.07, 6.45) is 1.80. The van der Waals surface area contributed by atoms with Gasteiger partial charge in [-0.25, -0.2) is 0 Å². The first-order valence-corrected chi connectivity index (χ1v) is 7.34. The van der Waals surface area contributed by atoms with E-state index in [2.05, 4.69) is 5.10 Å². The van der Waals surface area contributed by atoms with Crippen molar-refractivity contribution in [3.63, 3.8) is 0 Å². The molecule has 0 bridgehead atoms. The zero-order valence-corrected chi connectivity index (χ0v) is 12.4. The Morgan fingerprint density at radius 1 is 1.27 bits per heavy atom. The third kappa shape index (κ3) is 2.53. The second-order valence-electron chi connectivity index (χ2n) is 4.65. The Kier molecular flexibility index (Phi) is 3.56. The highest BCUT2D eigenvalue weighted by atomic mass is 32.1. The fourth-order valence-electron chi connectivity index (χ4n) is 2.09. The summed E-state index contributed by atoms with van der Waals surface area (Å²) in [7, 11) is 0. The molecule has 22 heavy (non-hydrogen) atoms. The molecule has 0 saturated carbocycles. The van der Waals surface area contributed by atoms with Gasteiger partial charge in [-0.05, 0) is 36.6 Å². The summed E-state index contributed by atoms with van der Waals surface area (Å²) in [5.41, 5.74) is 1.63. The number of anilines is 1. The maximum Gasteiger partial charge on any atom is 0.280 e. The molecule has 3 rings (SSSR count). The van der Waals surface area contributed by atoms with Gasteiger partial charge in [0.1, 0.15) is 0 Å². The van der Waals surface area contributed by atoms with Crippen molar-refractivity contribution in [2.24, 2.45) is 5.10 Å². The number of carbonyl (C=O) groups is 1. The van der Waals surface area contributed by atoms with Crippen molar-refractivity contribution >= 4 is 40.4 Å². The molecule has 2 aromatic rings. The van der Waals surface area contributed by atoms with E-state index in [0.29, 0.717) is 17.0 Å². The third-order valence-electron chi connectivity index (χ3n) is 3.20. The van der Waals surface area contributed by atoms with Gasteiger partial charge in [0.25, 0.3) is 11.6 Å². The quantitative estimate of drug-likeness (QED) is 0.494. The maximum atomic E-state index is 12.5. The number of carbonyl (C=O) groups excluding carboxylic acids is 1. The van der Waals surface area contributed by atoms with Crippen LogP contribution in [0, 0.1) is 10.1 Å². The minimum Gasteiger partial charge on any atom is -0.267 e. The number of nitro groups is 1. The number of benzene rings is 1. The summed E-state index contributed by atoms with van der Waals surface area (Å²) in [6.45, 7) is 1.77. The van der Waals surface area contributed by atoms with Crippen molar-refractivity contribution in [2.75, 3.05) is 5.01 Å². The molecule has 1 aliphatic heterocycles. The normalized spacial score (nSPS) is 16.2. The number of non-ortho nitro benzene ring substituents is 1. The van der Waals surface area contributed by atoms with Crippen LogP contribution in [-0.2, 0) is 4.79 Å². The molecule has 0 unspecified atom stereocenters. The SMILES string of the molecule is CC1=NN(c2ccc([N+](=O)[O-])cc2)C(=O)/C1=C\c1cccs1. The van der Waals surface area contributed by atoms with Crippen LogP contribution in [-0.4, -0.2) is 16.5 Å². The van der Waals surface area contributed by atoms with Crippen molar-refractivity contribution in [3.05, 3.63) is 62.3 Å². The van der Waals surface area contributed by atoms with Gasteiger partial charge in [0.15, 0.2) is 0 Å². The summed E-state index contributed by atoms with van der Waals surface area (Å²) >= 11 is 1.54. The molecule has 0 atom stereocenters. The molecule has 0 fully saturated rings. The lowest BCUT2D eigenvalue weighted by atomic mass is 10.1. The van der Waals surface area contributed by atoms with Crippen LogP contribution >= 0.6 is 11.3 Å². The molecule has 1 aliphatic rings. The summed E-state index contributed by atoms with van der Waals surface area (Å²) in [5.74, 6) is -0.236. The number of hydrogen-bond donors (Lipinski definition) is 0. The maximum absolute atomic E-state index is 12.5. The summed E-state index contributed by atoms with van der Waals surface area (Å²) < 4.78 is 0. The van der Waals surface area contributed by atoms with E-state index in [9.17, 15) is 14.9 Å². The van der Waals surface area contributed by atoms with Crippen LogP contribution in [0.4, 0.5) is 11.4 Å². The first kappa shape index (κ1) is 14.2. The number of nitrogens with zero attached hydrogens (tertiary/aromatic N) is 3. The molecular formula is C15H11N3O3S. The molecule has 0 radical (unpaired) electrons. The average molecular weight is 313 g/mol. The van der Waals surface area contributed by atoms with E-state index in [1.165, 1.54) is 40.6 Å². The first-order valence-electron chi connectivity index (χ1n) is 6.46. The van der Waals surface area contributed by atoms with Crippen molar-refractivity contribution in [1.29, 1.82) is 0 Å². The third-order valence-corrected chi connectivity index (χ3v) is 4.02. The van der Waals surface area contributed by atoms with Crippen molar-refractivity contribution in [3.8, 4) is 0 Å². The Morgan fingerprint density at radius 2 is 2.00 bits per heavy atom. The molecule has 2 heterocycles. The van der Waals surface area contributed by atoms with Gasteiger partial charge in [0, 0.05) is 17.0 Å². The number of hydrogen-bond acceptors (Lipinski definition) is 5. The van der Waals surface area contributed by atoms with Gasteiger partial charge >= 0.3 is 0 Å². The Balaban J connectivity index is 1.91. The largest absolute Gasteiger partial charge is 0.280 e. The molecule has 110 valence electrons. The molecule has 7 heteroatoms. The smallest absolute Gasteiger partial charge is 0.267 e. The van der Waals surface area contributed by atoms with Crippen LogP contribution < -0.4 is 5.01 Å². The molecular weight excluding hydrogens is 302 g/mol. The Bertz CT molecular complexity index is 792. The molecule has 6 nitrogen and oxygen atoms in total. The van der Waals surface area contributed by atoms with E-state index in [1.54, 1.807) is 13.0 Å². The first-order chi connectivity index (χ1) is 10.6. The van der Waals surface area contributed by atoms with Gasteiger partial charge in [0.05, 0.1) is 21.9 Å². The minimum absolute atomic E-state index is 0.0227. The topological polar surface area (TPSA) is 75.8 Å². The van der Waals surface area contributed by atoms with E-state index in [1.807, 2.05) is 17.5 Å². The van der Waals surface area contributed by atoms with Crippen LogP contribution in [0.5, 0.6) is 0 Å². The zero-order valence-electron chi connectivity index (χ0n) is 11.6. The fraction of sp³-hybridized carbons (Fsp3) is 0.0667. The molecule has 1 amide bonds. The van der Waals surface area contributed by atoms with E-state index in [0.717, 1.165) is 4.88 Å². The van der Waals surface area contributed by atoms with Gasteiger partial charge in [-0.15, -0.1) is 11.3 Å². The van der Waals surface area contributed by atoms with Crippen LogP contribution in [0.25, 0.3) is 6.08 Å². The minimum atomic E-state index is -0.480. The van der Waals surface area contributed by atoms with Gasteiger partial charge < -0.3 is 0 Å². The highest BCUT2D eigenvalue weighted by molar-refractivity contribution is 7.10. The van der Waals surface area contributed by atoms with Crippen LogP contribution in [0.15, 0.2) is 52.5 Å². The lowest BCUT2D eigenvalue weighted by Gasteiger charge is -2.11. The summed E-state index contributed by atoms with van der Waals surface area (Å²) in [5, 5.41) is 18.1. The molecule has 0 aliphatic carbocycles. The number of thiophene rings is 1. The van der Waals surface area contributed by atoms with Crippen molar-refractivity contribution in [1.82, 2.24) is 0 Å². The van der Waals surface area contributed by atoms with E-state index in [4.69, 9.17) is 0 Å². The van der Waals surface area contributed by atoms with Crippen molar-refractivity contribution < 1.29 is 9.72 Å². The lowest BCUT2D eigenvalue weighted by Crippen LogP contribution is -2.21. The molecule has 0 spiro atoms. The van der Waals surface area contributed by atoms with Gasteiger partial charge in [-0.2, -0.15) is 10.1 Å². The second kappa shape index (κ2) is 5.53. The number of hydrazone groups is 1. The van der Waals surface area contributed by atoms with Crippen LogP contribution in [0.3, 0.4) is 0 Å². The Morgan fingerprint density at radius 3 is 2.59 bits per heavy atom.